The number of hydrogen-bond acceptors (Lipinski definition) is 4. The smallest absolute Gasteiger partial charge is 0.156 e. The molecule has 3 aliphatic rings. The first kappa shape index (κ1) is 12.8. The minimum Gasteiger partial charge on any atom is -0.362 e. The summed E-state index contributed by atoms with van der Waals surface area (Å²) in [5.74, 6) is 1.30. The van der Waals surface area contributed by atoms with E-state index in [0.717, 1.165) is 6.54 Å². The average Bonchev–Trinajstić information content (AvgIpc) is 2.84. The van der Waals surface area contributed by atoms with Crippen molar-refractivity contribution in [3.8, 4) is 0 Å². The molecular weight excluding hydrogens is 242 g/mol. The molecule has 18 heavy (non-hydrogen) atoms. The van der Waals surface area contributed by atoms with Crippen LogP contribution in [0.5, 0.6) is 0 Å². The van der Waals surface area contributed by atoms with E-state index in [9.17, 15) is 0 Å². The fourth-order valence-corrected chi connectivity index (χ4v) is 4.62. The van der Waals surface area contributed by atoms with E-state index in [-0.39, 0.29) is 0 Å². The minimum absolute atomic E-state index is 0.572. The van der Waals surface area contributed by atoms with Gasteiger partial charge in [-0.05, 0) is 51.2 Å². The lowest BCUT2D eigenvalue weighted by molar-refractivity contribution is 0.247. The number of thioether (sulfide) groups is 1. The first-order valence-electron chi connectivity index (χ1n) is 7.38. The molecule has 0 radical (unpaired) electrons. The fraction of sp³-hybridized carbons (Fsp3) is 0.929. The van der Waals surface area contributed by atoms with Gasteiger partial charge in [0.1, 0.15) is 0 Å². The summed E-state index contributed by atoms with van der Waals surface area (Å²) in [6, 6.07) is 0.657. The zero-order valence-corrected chi connectivity index (χ0v) is 12.3. The topological polar surface area (TPSA) is 27.6 Å². The summed E-state index contributed by atoms with van der Waals surface area (Å²) in [5.41, 5.74) is 0.572. The van der Waals surface area contributed by atoms with E-state index >= 15 is 0 Å². The van der Waals surface area contributed by atoms with Gasteiger partial charge in [0.05, 0.1) is 0 Å². The van der Waals surface area contributed by atoms with Gasteiger partial charge in [0.2, 0.25) is 0 Å². The molecule has 1 N–H and O–H groups in total. The summed E-state index contributed by atoms with van der Waals surface area (Å²) < 4.78 is 0. The largest absolute Gasteiger partial charge is 0.362 e. The SMILES string of the molecule is CN1CCC(NC2=NCC3(CCCC3)CS2)CC1. The third kappa shape index (κ3) is 2.85. The lowest BCUT2D eigenvalue weighted by atomic mass is 9.89. The molecule has 1 aliphatic carbocycles. The first-order chi connectivity index (χ1) is 8.76. The fourth-order valence-electron chi connectivity index (χ4n) is 3.39. The Kier molecular flexibility index (Phi) is 3.85. The zero-order chi connectivity index (χ0) is 12.4. The van der Waals surface area contributed by atoms with E-state index in [0.29, 0.717) is 11.5 Å². The lowest BCUT2D eigenvalue weighted by Gasteiger charge is -2.34. The predicted octanol–water partition coefficient (Wildman–Crippen LogP) is 2.33. The molecule has 0 unspecified atom stereocenters. The van der Waals surface area contributed by atoms with Crippen molar-refractivity contribution in [3.63, 3.8) is 0 Å². The Hall–Kier alpha value is -0.220. The van der Waals surface area contributed by atoms with Gasteiger partial charge in [-0.3, -0.25) is 4.99 Å². The Labute approximate surface area is 115 Å². The molecule has 2 fully saturated rings. The van der Waals surface area contributed by atoms with Crippen molar-refractivity contribution in [2.24, 2.45) is 10.4 Å². The molecule has 4 heteroatoms. The van der Waals surface area contributed by atoms with Gasteiger partial charge in [-0.1, -0.05) is 24.6 Å². The van der Waals surface area contributed by atoms with Gasteiger partial charge in [-0.25, -0.2) is 0 Å². The van der Waals surface area contributed by atoms with Crippen LogP contribution in [0.2, 0.25) is 0 Å². The maximum atomic E-state index is 4.83. The molecule has 1 spiro atoms. The van der Waals surface area contributed by atoms with Gasteiger partial charge in [0.25, 0.3) is 0 Å². The van der Waals surface area contributed by atoms with Gasteiger partial charge in [0.15, 0.2) is 5.17 Å². The standard InChI is InChI=1S/C14H25N3S/c1-17-8-4-12(5-9-17)16-13-15-10-14(11-18-13)6-2-3-7-14/h12H,2-11H2,1H3,(H,15,16). The second-order valence-corrected chi connectivity index (χ2v) is 7.30. The van der Waals surface area contributed by atoms with Crippen molar-refractivity contribution in [1.82, 2.24) is 10.2 Å². The number of piperidine rings is 1. The molecule has 0 bridgehead atoms. The van der Waals surface area contributed by atoms with Crippen molar-refractivity contribution in [1.29, 1.82) is 0 Å². The van der Waals surface area contributed by atoms with E-state index in [4.69, 9.17) is 4.99 Å². The van der Waals surface area contributed by atoms with Crippen molar-refractivity contribution >= 4 is 16.9 Å². The average molecular weight is 267 g/mol. The van der Waals surface area contributed by atoms with Crippen molar-refractivity contribution in [2.75, 3.05) is 32.4 Å². The van der Waals surface area contributed by atoms with E-state index < -0.39 is 0 Å². The Bertz CT molecular complexity index is 315. The Balaban J connectivity index is 1.51. The van der Waals surface area contributed by atoms with Crippen LogP contribution in [0.4, 0.5) is 0 Å². The summed E-state index contributed by atoms with van der Waals surface area (Å²) >= 11 is 1.98. The van der Waals surface area contributed by atoms with Crippen LogP contribution in [0.15, 0.2) is 4.99 Å². The third-order valence-electron chi connectivity index (χ3n) is 4.78. The number of hydrogen-bond donors (Lipinski definition) is 1. The highest BCUT2D eigenvalue weighted by Crippen LogP contribution is 2.43. The number of nitrogens with zero attached hydrogens (tertiary/aromatic N) is 2. The van der Waals surface area contributed by atoms with E-state index in [1.165, 1.54) is 62.5 Å². The number of amidine groups is 1. The van der Waals surface area contributed by atoms with Crippen LogP contribution < -0.4 is 5.32 Å². The Morgan fingerprint density at radius 2 is 2.00 bits per heavy atom. The predicted molar refractivity (Wildman–Crippen MR) is 79.3 cm³/mol. The van der Waals surface area contributed by atoms with Gasteiger partial charge < -0.3 is 10.2 Å². The maximum Gasteiger partial charge on any atom is 0.156 e. The summed E-state index contributed by atoms with van der Waals surface area (Å²) in [6.07, 6.45) is 8.19. The van der Waals surface area contributed by atoms with E-state index in [1.807, 2.05) is 11.8 Å². The molecule has 0 aromatic heterocycles. The number of aliphatic imine (C=N–C) groups is 1. The van der Waals surface area contributed by atoms with Crippen LogP contribution >= 0.6 is 11.8 Å². The van der Waals surface area contributed by atoms with Crippen molar-refractivity contribution < 1.29 is 0 Å². The normalized spacial score (nSPS) is 29.5. The van der Waals surface area contributed by atoms with Crippen LogP contribution in [0.1, 0.15) is 38.5 Å². The molecule has 0 atom stereocenters. The summed E-state index contributed by atoms with van der Waals surface area (Å²) in [5, 5.41) is 4.90. The summed E-state index contributed by atoms with van der Waals surface area (Å²) in [4.78, 5) is 7.25. The van der Waals surface area contributed by atoms with Crippen LogP contribution in [0.25, 0.3) is 0 Å². The van der Waals surface area contributed by atoms with Gasteiger partial charge in [-0.15, -0.1) is 0 Å². The molecule has 1 saturated carbocycles. The highest BCUT2D eigenvalue weighted by Gasteiger charge is 2.36. The summed E-state index contributed by atoms with van der Waals surface area (Å²) in [6.45, 7) is 3.52. The molecule has 2 heterocycles. The monoisotopic (exact) mass is 267 g/mol. The van der Waals surface area contributed by atoms with Gasteiger partial charge in [-0.2, -0.15) is 0 Å². The second kappa shape index (κ2) is 5.41. The molecule has 0 aromatic carbocycles. The van der Waals surface area contributed by atoms with Crippen LogP contribution in [0, 0.1) is 5.41 Å². The molecule has 0 aromatic rings. The molecule has 3 rings (SSSR count). The molecule has 3 nitrogen and oxygen atoms in total. The highest BCUT2D eigenvalue weighted by atomic mass is 32.2. The van der Waals surface area contributed by atoms with E-state index in [2.05, 4.69) is 17.3 Å². The van der Waals surface area contributed by atoms with E-state index in [1.54, 1.807) is 0 Å². The maximum absolute atomic E-state index is 4.83. The molecule has 102 valence electrons. The second-order valence-electron chi connectivity index (χ2n) is 6.34. The van der Waals surface area contributed by atoms with Crippen LogP contribution in [-0.4, -0.2) is 48.5 Å². The molecule has 0 amide bonds. The number of rotatable bonds is 1. The lowest BCUT2D eigenvalue weighted by Crippen LogP contribution is -2.44. The van der Waals surface area contributed by atoms with Crippen LogP contribution in [-0.2, 0) is 0 Å². The minimum atomic E-state index is 0.572. The Morgan fingerprint density at radius 1 is 1.28 bits per heavy atom. The number of likely N-dealkylation sites (tertiary alicyclic amines) is 1. The zero-order valence-electron chi connectivity index (χ0n) is 11.5. The van der Waals surface area contributed by atoms with Crippen molar-refractivity contribution in [2.45, 2.75) is 44.6 Å². The number of nitrogens with one attached hydrogen (secondary N) is 1. The third-order valence-corrected chi connectivity index (χ3v) is 6.06. The molecular formula is C14H25N3S. The quantitative estimate of drug-likeness (QED) is 0.790. The van der Waals surface area contributed by atoms with Crippen molar-refractivity contribution in [3.05, 3.63) is 0 Å². The molecule has 1 saturated heterocycles. The van der Waals surface area contributed by atoms with Gasteiger partial charge >= 0.3 is 0 Å². The Morgan fingerprint density at radius 3 is 2.61 bits per heavy atom. The summed E-state index contributed by atoms with van der Waals surface area (Å²) in [7, 11) is 2.22. The first-order valence-corrected chi connectivity index (χ1v) is 8.37. The van der Waals surface area contributed by atoms with Crippen LogP contribution in [0.3, 0.4) is 0 Å². The van der Waals surface area contributed by atoms with Gasteiger partial charge in [0, 0.05) is 18.3 Å². The molecule has 2 aliphatic heterocycles. The highest BCUT2D eigenvalue weighted by molar-refractivity contribution is 8.13.